The monoisotopic (exact) mass is 542 g/mol. The Morgan fingerprint density at radius 2 is 1.90 bits per heavy atom. The second-order valence-electron chi connectivity index (χ2n) is 11.7. The molecule has 1 aliphatic heterocycles. The summed E-state index contributed by atoms with van der Waals surface area (Å²) in [7, 11) is 1.65. The predicted molar refractivity (Wildman–Crippen MR) is 158 cm³/mol. The largest absolute Gasteiger partial charge is 0.485 e. The number of nitrogens with zero attached hydrogens (tertiary/aromatic N) is 2. The lowest BCUT2D eigenvalue weighted by molar-refractivity contribution is -0.142. The summed E-state index contributed by atoms with van der Waals surface area (Å²) in [6.07, 6.45) is 5.80. The molecule has 40 heavy (non-hydrogen) atoms. The lowest BCUT2D eigenvalue weighted by atomic mass is 9.82. The number of methoxy groups -OCH3 is 1. The van der Waals surface area contributed by atoms with Gasteiger partial charge >= 0.3 is 5.97 Å². The van der Waals surface area contributed by atoms with Crippen molar-refractivity contribution < 1.29 is 19.4 Å². The average Bonchev–Trinajstić information content (AvgIpc) is 3.80. The minimum absolute atomic E-state index is 0.0334. The zero-order valence-corrected chi connectivity index (χ0v) is 24.4. The molecule has 1 saturated carbocycles. The Kier molecular flexibility index (Phi) is 8.46. The van der Waals surface area contributed by atoms with Gasteiger partial charge in [-0.2, -0.15) is 0 Å². The molecule has 0 bridgehead atoms. The third-order valence-electron chi connectivity index (χ3n) is 8.75. The highest BCUT2D eigenvalue weighted by Gasteiger charge is 2.39. The Morgan fingerprint density at radius 1 is 1.10 bits per heavy atom. The lowest BCUT2D eigenvalue weighted by Crippen LogP contribution is -2.30. The zero-order chi connectivity index (χ0) is 28.4. The van der Waals surface area contributed by atoms with Crippen LogP contribution in [0.5, 0.6) is 11.6 Å². The van der Waals surface area contributed by atoms with Crippen molar-refractivity contribution in [2.24, 2.45) is 11.8 Å². The van der Waals surface area contributed by atoms with Gasteiger partial charge in [-0.25, -0.2) is 4.98 Å². The SMILES string of the molecule is CCN(Cc1cc(C2CCc3ccc([C@H](C4CC4)[C@H](C)C(=O)O)cc3O2)ccc1-c1ccnc(OC)c1)C(C)C. The molecule has 1 aliphatic carbocycles. The normalized spacial score (nSPS) is 18.2. The van der Waals surface area contributed by atoms with Gasteiger partial charge in [0.1, 0.15) is 11.9 Å². The molecule has 1 aromatic heterocycles. The molecule has 1 unspecified atom stereocenters. The van der Waals surface area contributed by atoms with Crippen LogP contribution in [0.25, 0.3) is 11.1 Å². The van der Waals surface area contributed by atoms with Gasteiger partial charge in [-0.05, 0) is 103 Å². The van der Waals surface area contributed by atoms with Crippen LogP contribution in [0.3, 0.4) is 0 Å². The first kappa shape index (κ1) is 28.2. The molecule has 2 heterocycles. The summed E-state index contributed by atoms with van der Waals surface area (Å²) in [5, 5.41) is 9.75. The van der Waals surface area contributed by atoms with Gasteiger partial charge in [0, 0.05) is 24.8 Å². The van der Waals surface area contributed by atoms with Crippen molar-refractivity contribution in [3.63, 3.8) is 0 Å². The van der Waals surface area contributed by atoms with Crippen molar-refractivity contribution in [3.05, 3.63) is 77.0 Å². The number of benzene rings is 2. The van der Waals surface area contributed by atoms with Crippen LogP contribution in [0.4, 0.5) is 0 Å². The van der Waals surface area contributed by atoms with E-state index in [1.54, 1.807) is 13.3 Å². The standard InChI is InChI=1S/C34H42N2O4/c1-6-36(21(2)3)20-28-17-26(11-13-29(28)25-15-16-35-32(19-25)39-5)30-14-12-23-7-10-27(18-31(23)40-30)33(24-8-9-24)22(4)34(37)38/h7,10-11,13,15-19,21-22,24,30,33H,6,8-9,12,14,20H2,1-5H3,(H,37,38)/t22-,30?,33-/m0/s1. The smallest absolute Gasteiger partial charge is 0.306 e. The van der Waals surface area contributed by atoms with Crippen LogP contribution in [-0.4, -0.2) is 40.7 Å². The summed E-state index contributed by atoms with van der Waals surface area (Å²) < 4.78 is 12.1. The van der Waals surface area contributed by atoms with E-state index in [4.69, 9.17) is 9.47 Å². The third-order valence-corrected chi connectivity index (χ3v) is 8.75. The molecule has 1 fully saturated rings. The van der Waals surface area contributed by atoms with Crippen molar-refractivity contribution in [3.8, 4) is 22.8 Å². The van der Waals surface area contributed by atoms with Crippen LogP contribution in [0, 0.1) is 11.8 Å². The van der Waals surface area contributed by atoms with Gasteiger partial charge in [0.15, 0.2) is 0 Å². The molecule has 6 nitrogen and oxygen atoms in total. The number of hydrogen-bond acceptors (Lipinski definition) is 5. The summed E-state index contributed by atoms with van der Waals surface area (Å²) in [6.45, 7) is 10.3. The Balaban J connectivity index is 1.46. The molecule has 212 valence electrons. The van der Waals surface area contributed by atoms with Crippen LogP contribution in [0.2, 0.25) is 0 Å². The Hall–Kier alpha value is -3.38. The van der Waals surface area contributed by atoms with Crippen LogP contribution < -0.4 is 9.47 Å². The quantitative estimate of drug-likeness (QED) is 0.275. The number of hydrogen-bond donors (Lipinski definition) is 1. The van der Waals surface area contributed by atoms with E-state index >= 15 is 0 Å². The first-order chi connectivity index (χ1) is 19.3. The molecule has 0 spiro atoms. The molecule has 3 atom stereocenters. The van der Waals surface area contributed by atoms with E-state index in [9.17, 15) is 9.90 Å². The second kappa shape index (κ2) is 12.0. The Morgan fingerprint density at radius 3 is 2.58 bits per heavy atom. The number of aromatic nitrogens is 1. The van der Waals surface area contributed by atoms with Gasteiger partial charge in [0.2, 0.25) is 5.88 Å². The zero-order valence-electron chi connectivity index (χ0n) is 24.4. The van der Waals surface area contributed by atoms with Gasteiger partial charge < -0.3 is 14.6 Å². The van der Waals surface area contributed by atoms with Crippen LogP contribution in [0.15, 0.2) is 54.7 Å². The molecular weight excluding hydrogens is 500 g/mol. The fourth-order valence-corrected chi connectivity index (χ4v) is 6.20. The van der Waals surface area contributed by atoms with E-state index in [-0.39, 0.29) is 12.0 Å². The molecular formula is C34H42N2O4. The van der Waals surface area contributed by atoms with Crippen LogP contribution in [0.1, 0.15) is 81.2 Å². The molecule has 2 aromatic carbocycles. The van der Waals surface area contributed by atoms with Crippen molar-refractivity contribution in [2.45, 2.75) is 78.0 Å². The summed E-state index contributed by atoms with van der Waals surface area (Å²) in [4.78, 5) is 18.6. The third kappa shape index (κ3) is 6.02. The minimum atomic E-state index is -0.727. The second-order valence-corrected chi connectivity index (χ2v) is 11.7. The first-order valence-corrected chi connectivity index (χ1v) is 14.7. The molecule has 5 rings (SSSR count). The average molecular weight is 543 g/mol. The summed E-state index contributed by atoms with van der Waals surface area (Å²) >= 11 is 0. The number of aliphatic carboxylic acids is 1. The highest BCUT2D eigenvalue weighted by molar-refractivity contribution is 5.71. The van der Waals surface area contributed by atoms with E-state index in [1.807, 2.05) is 19.1 Å². The maximum atomic E-state index is 11.9. The van der Waals surface area contributed by atoms with Gasteiger partial charge in [-0.15, -0.1) is 0 Å². The predicted octanol–water partition coefficient (Wildman–Crippen LogP) is 7.27. The number of carboxylic acid groups (broad SMARTS) is 1. The van der Waals surface area contributed by atoms with E-state index in [0.29, 0.717) is 17.8 Å². The molecule has 2 aliphatic rings. The topological polar surface area (TPSA) is 71.9 Å². The van der Waals surface area contributed by atoms with E-state index in [2.05, 4.69) is 67.1 Å². The summed E-state index contributed by atoms with van der Waals surface area (Å²) in [6, 6.07) is 17.6. The molecule has 6 heteroatoms. The number of aryl methyl sites for hydroxylation is 1. The number of ether oxygens (including phenoxy) is 2. The minimum Gasteiger partial charge on any atom is -0.485 e. The molecule has 0 amide bonds. The molecule has 0 radical (unpaired) electrons. The number of fused-ring (bicyclic) bond motifs is 1. The van der Waals surface area contributed by atoms with Gasteiger partial charge in [-0.3, -0.25) is 9.69 Å². The van der Waals surface area contributed by atoms with Gasteiger partial charge in [0.05, 0.1) is 13.0 Å². The van der Waals surface area contributed by atoms with E-state index < -0.39 is 11.9 Å². The van der Waals surface area contributed by atoms with Gasteiger partial charge in [0.25, 0.3) is 0 Å². The van der Waals surface area contributed by atoms with Crippen molar-refractivity contribution in [1.82, 2.24) is 9.88 Å². The molecule has 1 N–H and O–H groups in total. The maximum absolute atomic E-state index is 11.9. The number of carbonyl (C=O) groups is 1. The lowest BCUT2D eigenvalue weighted by Gasteiger charge is -2.30. The van der Waals surface area contributed by atoms with Crippen LogP contribution >= 0.6 is 0 Å². The van der Waals surface area contributed by atoms with Crippen LogP contribution in [-0.2, 0) is 17.8 Å². The highest BCUT2D eigenvalue weighted by atomic mass is 16.5. The highest BCUT2D eigenvalue weighted by Crippen LogP contribution is 2.48. The van der Waals surface area contributed by atoms with E-state index in [0.717, 1.165) is 55.6 Å². The summed E-state index contributed by atoms with van der Waals surface area (Å²) in [5.74, 6) is 0.857. The fraction of sp³-hybridized carbons (Fsp3) is 0.471. The number of rotatable bonds is 11. The van der Waals surface area contributed by atoms with Crippen molar-refractivity contribution in [1.29, 1.82) is 0 Å². The Bertz CT molecular complexity index is 1350. The van der Waals surface area contributed by atoms with Gasteiger partial charge in [-0.1, -0.05) is 44.2 Å². The molecule has 3 aromatic rings. The summed E-state index contributed by atoms with van der Waals surface area (Å²) in [5.41, 5.74) is 7.00. The van der Waals surface area contributed by atoms with E-state index in [1.165, 1.54) is 22.3 Å². The van der Waals surface area contributed by atoms with Crippen molar-refractivity contribution >= 4 is 5.97 Å². The number of pyridine rings is 1. The molecule has 0 saturated heterocycles. The maximum Gasteiger partial charge on any atom is 0.306 e. The number of carboxylic acids is 1. The van der Waals surface area contributed by atoms with Crippen molar-refractivity contribution in [2.75, 3.05) is 13.7 Å². The fourth-order valence-electron chi connectivity index (χ4n) is 6.20. The first-order valence-electron chi connectivity index (χ1n) is 14.7. The Labute approximate surface area is 238 Å².